The first kappa shape index (κ1) is 48.1. The van der Waals surface area contributed by atoms with Crippen LogP contribution in [0.15, 0.2) is 12.2 Å². The third-order valence-corrected chi connectivity index (χ3v) is 9.43. The van der Waals surface area contributed by atoms with Crippen molar-refractivity contribution in [3.8, 4) is 0 Å². The molecule has 50 heavy (non-hydrogen) atoms. The van der Waals surface area contributed by atoms with Crippen LogP contribution in [0.3, 0.4) is 0 Å². The van der Waals surface area contributed by atoms with Crippen LogP contribution in [-0.2, 0) is 28.6 Å². The second kappa shape index (κ2) is 34.2. The third kappa shape index (κ3) is 32.0. The number of aliphatic carboxylic acids is 1. The summed E-state index contributed by atoms with van der Waals surface area (Å²) in [5.41, 5.74) is 0. The largest absolute Gasteiger partial charge is 0.477 e. The van der Waals surface area contributed by atoms with Crippen LogP contribution in [0, 0.1) is 0 Å². The van der Waals surface area contributed by atoms with E-state index in [2.05, 4.69) is 19.9 Å². The maximum Gasteiger partial charge on any atom is 0.362 e. The van der Waals surface area contributed by atoms with Gasteiger partial charge in [-0.05, 0) is 25.7 Å². The lowest BCUT2D eigenvalue weighted by molar-refractivity contribution is -0.887. The Hall–Kier alpha value is -1.93. The standard InChI is InChI=1S/C42H79NO7/c1-6-8-10-12-14-15-16-17-18-19-20-21-22-23-24-25-27-29-31-33-41(45)50-38(36-48-35-34-39(42(46)47)43(3,4)5)37-49-40(44)32-30-28-26-13-11-9-7-2/h26,28,38-39H,6-25,27,29-37H2,1-5H3/p+1/b28-26+. The number of carbonyl (C=O) groups excluding carboxylic acids is 2. The second-order valence-electron chi connectivity index (χ2n) is 15.2. The molecule has 0 aliphatic heterocycles. The van der Waals surface area contributed by atoms with E-state index in [4.69, 9.17) is 14.2 Å². The molecule has 0 bridgehead atoms. The zero-order chi connectivity index (χ0) is 37.1. The summed E-state index contributed by atoms with van der Waals surface area (Å²) in [7, 11) is 5.51. The first-order valence-corrected chi connectivity index (χ1v) is 20.7. The number of carboxylic acids is 1. The van der Waals surface area contributed by atoms with E-state index >= 15 is 0 Å². The van der Waals surface area contributed by atoms with Gasteiger partial charge in [0.05, 0.1) is 34.4 Å². The van der Waals surface area contributed by atoms with Gasteiger partial charge in [0.15, 0.2) is 12.1 Å². The molecule has 0 aliphatic rings. The van der Waals surface area contributed by atoms with E-state index in [-0.39, 0.29) is 42.7 Å². The lowest BCUT2D eigenvalue weighted by atomic mass is 10.0. The normalized spacial score (nSPS) is 13.1. The van der Waals surface area contributed by atoms with E-state index in [9.17, 15) is 19.5 Å². The second-order valence-corrected chi connectivity index (χ2v) is 15.2. The quantitative estimate of drug-likeness (QED) is 0.0296. The third-order valence-electron chi connectivity index (χ3n) is 9.43. The minimum absolute atomic E-state index is 0.0546. The van der Waals surface area contributed by atoms with Gasteiger partial charge in [-0.25, -0.2) is 4.79 Å². The first-order chi connectivity index (χ1) is 24.1. The highest BCUT2D eigenvalue weighted by molar-refractivity contribution is 5.72. The molecule has 0 radical (unpaired) electrons. The maximum atomic E-state index is 12.7. The van der Waals surface area contributed by atoms with Crippen LogP contribution in [0.2, 0.25) is 0 Å². The molecule has 0 amide bonds. The lowest BCUT2D eigenvalue weighted by Crippen LogP contribution is -2.50. The zero-order valence-corrected chi connectivity index (χ0v) is 33.4. The summed E-state index contributed by atoms with van der Waals surface area (Å²) in [5.74, 6) is -1.53. The van der Waals surface area contributed by atoms with Crippen LogP contribution in [0.5, 0.6) is 0 Å². The Labute approximate surface area is 308 Å². The van der Waals surface area contributed by atoms with Crippen LogP contribution in [0.1, 0.15) is 187 Å². The summed E-state index contributed by atoms with van der Waals surface area (Å²) in [4.78, 5) is 36.7. The number of hydrogen-bond acceptors (Lipinski definition) is 6. The molecule has 8 heteroatoms. The molecule has 0 rings (SSSR count). The molecule has 0 heterocycles. The fourth-order valence-electron chi connectivity index (χ4n) is 6.17. The number of likely N-dealkylation sites (N-methyl/N-ethyl adjacent to an activating group) is 1. The molecular formula is C42H80NO7+. The number of esters is 2. The van der Waals surface area contributed by atoms with E-state index in [1.54, 1.807) is 0 Å². The van der Waals surface area contributed by atoms with Crippen LogP contribution in [0.4, 0.5) is 0 Å². The minimum atomic E-state index is -0.878. The van der Waals surface area contributed by atoms with Gasteiger partial charge < -0.3 is 23.8 Å². The molecule has 2 atom stereocenters. The van der Waals surface area contributed by atoms with Crippen LogP contribution in [0.25, 0.3) is 0 Å². The summed E-state index contributed by atoms with van der Waals surface area (Å²) in [5, 5.41) is 9.57. The van der Waals surface area contributed by atoms with Crippen molar-refractivity contribution in [2.24, 2.45) is 0 Å². The number of rotatable bonds is 37. The van der Waals surface area contributed by atoms with E-state index in [1.807, 2.05) is 27.2 Å². The fourth-order valence-corrected chi connectivity index (χ4v) is 6.17. The number of ether oxygens (including phenoxy) is 3. The van der Waals surface area contributed by atoms with Crippen molar-refractivity contribution in [1.82, 2.24) is 0 Å². The monoisotopic (exact) mass is 711 g/mol. The zero-order valence-electron chi connectivity index (χ0n) is 33.4. The van der Waals surface area contributed by atoms with Crippen molar-refractivity contribution in [2.45, 2.75) is 199 Å². The van der Waals surface area contributed by atoms with Gasteiger partial charge >= 0.3 is 17.9 Å². The minimum Gasteiger partial charge on any atom is -0.477 e. The highest BCUT2D eigenvalue weighted by atomic mass is 16.6. The van der Waals surface area contributed by atoms with Gasteiger partial charge in [0, 0.05) is 19.3 Å². The summed E-state index contributed by atoms with van der Waals surface area (Å²) >= 11 is 0. The van der Waals surface area contributed by atoms with Crippen LogP contribution < -0.4 is 0 Å². The maximum absolute atomic E-state index is 12.7. The number of carboxylic acid groups (broad SMARTS) is 1. The molecule has 0 spiro atoms. The Kier molecular flexibility index (Phi) is 32.9. The summed E-state index contributed by atoms with van der Waals surface area (Å²) in [6.45, 7) is 4.65. The molecule has 8 nitrogen and oxygen atoms in total. The highest BCUT2D eigenvalue weighted by Gasteiger charge is 2.31. The summed E-state index contributed by atoms with van der Waals surface area (Å²) in [6.07, 6.45) is 34.3. The van der Waals surface area contributed by atoms with E-state index < -0.39 is 18.1 Å². The Balaban J connectivity index is 4.22. The smallest absolute Gasteiger partial charge is 0.362 e. The highest BCUT2D eigenvalue weighted by Crippen LogP contribution is 2.15. The van der Waals surface area contributed by atoms with Gasteiger partial charge in [-0.15, -0.1) is 0 Å². The molecule has 0 saturated carbocycles. The van der Waals surface area contributed by atoms with Crippen molar-refractivity contribution in [3.05, 3.63) is 12.2 Å². The molecular weight excluding hydrogens is 630 g/mol. The van der Waals surface area contributed by atoms with Gasteiger partial charge in [0.2, 0.25) is 0 Å². The van der Waals surface area contributed by atoms with Crippen molar-refractivity contribution in [3.63, 3.8) is 0 Å². The van der Waals surface area contributed by atoms with Gasteiger partial charge in [0.25, 0.3) is 0 Å². The predicted octanol–water partition coefficient (Wildman–Crippen LogP) is 10.7. The molecule has 1 N–H and O–H groups in total. The average Bonchev–Trinajstić information content (AvgIpc) is 3.06. The molecule has 0 fully saturated rings. The van der Waals surface area contributed by atoms with E-state index in [0.29, 0.717) is 19.3 Å². The topological polar surface area (TPSA) is 99.1 Å². The lowest BCUT2D eigenvalue weighted by Gasteiger charge is -2.31. The molecule has 0 saturated heterocycles. The van der Waals surface area contributed by atoms with Crippen LogP contribution in [-0.4, -0.2) is 80.6 Å². The molecule has 0 aromatic rings. The summed E-state index contributed by atoms with van der Waals surface area (Å²) in [6, 6.07) is -0.613. The number of carbonyl (C=O) groups is 3. The number of quaternary nitrogens is 1. The molecule has 0 aromatic heterocycles. The Morgan fingerprint density at radius 2 is 1.04 bits per heavy atom. The van der Waals surface area contributed by atoms with Crippen molar-refractivity contribution in [1.29, 1.82) is 0 Å². The predicted molar refractivity (Wildman–Crippen MR) is 206 cm³/mol. The number of allylic oxidation sites excluding steroid dienone is 2. The Morgan fingerprint density at radius 1 is 0.580 bits per heavy atom. The number of nitrogens with zero attached hydrogens (tertiary/aromatic N) is 1. The van der Waals surface area contributed by atoms with E-state index in [0.717, 1.165) is 32.1 Å². The van der Waals surface area contributed by atoms with Gasteiger partial charge in [-0.3, -0.25) is 9.59 Å². The fraction of sp³-hybridized carbons (Fsp3) is 0.881. The molecule has 0 aliphatic carbocycles. The number of hydrogen-bond donors (Lipinski definition) is 1. The van der Waals surface area contributed by atoms with Crippen LogP contribution >= 0.6 is 0 Å². The SMILES string of the molecule is CCCCC/C=C/CCC(=O)OCC(COCCC(C(=O)O)[N+](C)(C)C)OC(=O)CCCCCCCCCCCCCCCCCCCCC. The van der Waals surface area contributed by atoms with Gasteiger partial charge in [-0.1, -0.05) is 154 Å². The molecule has 0 aromatic carbocycles. The van der Waals surface area contributed by atoms with E-state index in [1.165, 1.54) is 116 Å². The summed E-state index contributed by atoms with van der Waals surface area (Å²) < 4.78 is 17.1. The number of unbranched alkanes of at least 4 members (excludes halogenated alkanes) is 21. The average molecular weight is 711 g/mol. The molecule has 294 valence electrons. The Bertz CT molecular complexity index is 838. The van der Waals surface area contributed by atoms with Crippen molar-refractivity contribution >= 4 is 17.9 Å². The first-order valence-electron chi connectivity index (χ1n) is 20.7. The van der Waals surface area contributed by atoms with Gasteiger partial charge in [0.1, 0.15) is 6.61 Å². The van der Waals surface area contributed by atoms with Crippen molar-refractivity contribution < 1.29 is 38.2 Å². The molecule has 2 unspecified atom stereocenters. The Morgan fingerprint density at radius 3 is 1.52 bits per heavy atom. The van der Waals surface area contributed by atoms with Gasteiger partial charge in [-0.2, -0.15) is 0 Å². The van der Waals surface area contributed by atoms with Crippen molar-refractivity contribution in [2.75, 3.05) is 41.0 Å².